The van der Waals surface area contributed by atoms with Crippen molar-refractivity contribution in [3.05, 3.63) is 70.0 Å². The van der Waals surface area contributed by atoms with E-state index < -0.39 is 11.9 Å². The molecular formula is C17H19ClFN. The van der Waals surface area contributed by atoms with Crippen molar-refractivity contribution in [2.75, 3.05) is 0 Å². The minimum atomic E-state index is -0.498. The fourth-order valence-electron chi connectivity index (χ4n) is 2.27. The highest BCUT2D eigenvalue weighted by atomic mass is 35.5. The molecule has 0 aliphatic rings. The molecule has 2 N–H and O–H groups in total. The fourth-order valence-corrected chi connectivity index (χ4v) is 2.45. The minimum Gasteiger partial charge on any atom is -0.320 e. The molecular weight excluding hydrogens is 273 g/mol. The first-order chi connectivity index (χ1) is 9.49. The molecule has 0 fully saturated rings. The van der Waals surface area contributed by atoms with E-state index in [1.54, 1.807) is 12.1 Å². The lowest BCUT2D eigenvalue weighted by Crippen LogP contribution is -2.13. The molecule has 0 bridgehead atoms. The lowest BCUT2D eigenvalue weighted by atomic mass is 9.96. The predicted octanol–water partition coefficient (Wildman–Crippen LogP) is 4.73. The maximum atomic E-state index is 14.0. The third kappa shape index (κ3) is 3.38. The predicted molar refractivity (Wildman–Crippen MR) is 82.4 cm³/mol. The van der Waals surface area contributed by atoms with Gasteiger partial charge in [0, 0.05) is 5.56 Å². The van der Waals surface area contributed by atoms with Gasteiger partial charge in [-0.2, -0.15) is 0 Å². The molecule has 1 unspecified atom stereocenters. The number of halogens is 2. The lowest BCUT2D eigenvalue weighted by molar-refractivity contribution is 0.600. The van der Waals surface area contributed by atoms with Crippen molar-refractivity contribution in [3.8, 4) is 0 Å². The van der Waals surface area contributed by atoms with Crippen LogP contribution in [0, 0.1) is 11.7 Å². The van der Waals surface area contributed by atoms with Gasteiger partial charge in [0.2, 0.25) is 0 Å². The van der Waals surface area contributed by atoms with Crippen LogP contribution in [-0.4, -0.2) is 0 Å². The van der Waals surface area contributed by atoms with Gasteiger partial charge in [-0.15, -0.1) is 0 Å². The maximum Gasteiger partial charge on any atom is 0.146 e. The summed E-state index contributed by atoms with van der Waals surface area (Å²) in [4.78, 5) is 0. The third-order valence-corrected chi connectivity index (χ3v) is 3.59. The monoisotopic (exact) mass is 291 g/mol. The van der Waals surface area contributed by atoms with Crippen LogP contribution in [-0.2, 0) is 6.42 Å². The molecule has 3 heteroatoms. The summed E-state index contributed by atoms with van der Waals surface area (Å²) in [6.45, 7) is 4.36. The van der Waals surface area contributed by atoms with Gasteiger partial charge in [-0.3, -0.25) is 0 Å². The van der Waals surface area contributed by atoms with Gasteiger partial charge in [0.1, 0.15) is 5.82 Å². The topological polar surface area (TPSA) is 26.0 Å². The molecule has 1 atom stereocenters. The van der Waals surface area contributed by atoms with E-state index in [0.29, 0.717) is 11.5 Å². The summed E-state index contributed by atoms with van der Waals surface area (Å²) in [5.41, 5.74) is 8.72. The molecule has 2 aromatic rings. The molecule has 0 radical (unpaired) electrons. The first kappa shape index (κ1) is 15.0. The normalized spacial score (nSPS) is 12.7. The van der Waals surface area contributed by atoms with Crippen LogP contribution in [0.3, 0.4) is 0 Å². The summed E-state index contributed by atoms with van der Waals surface area (Å²) < 4.78 is 14.0. The standard InChI is InChI=1S/C17H19ClFN/c1-11(2)10-12-6-8-13(9-7-12)17(20)14-4-3-5-15(18)16(14)19/h3-9,11,17H,10,20H2,1-2H3. The second kappa shape index (κ2) is 6.38. The molecule has 2 aromatic carbocycles. The van der Waals surface area contributed by atoms with E-state index in [1.807, 2.05) is 12.1 Å². The smallest absolute Gasteiger partial charge is 0.146 e. The molecule has 0 saturated heterocycles. The van der Waals surface area contributed by atoms with E-state index in [9.17, 15) is 4.39 Å². The molecule has 20 heavy (non-hydrogen) atoms. The van der Waals surface area contributed by atoms with Gasteiger partial charge in [0.25, 0.3) is 0 Å². The van der Waals surface area contributed by atoms with Crippen LogP contribution in [0.4, 0.5) is 4.39 Å². The van der Waals surface area contributed by atoms with Crippen molar-refractivity contribution in [1.82, 2.24) is 0 Å². The Balaban J connectivity index is 2.25. The van der Waals surface area contributed by atoms with Gasteiger partial charge in [-0.05, 0) is 29.5 Å². The summed E-state index contributed by atoms with van der Waals surface area (Å²) in [6.07, 6.45) is 1.03. The summed E-state index contributed by atoms with van der Waals surface area (Å²) >= 11 is 5.80. The van der Waals surface area contributed by atoms with Crippen molar-refractivity contribution < 1.29 is 4.39 Å². The van der Waals surface area contributed by atoms with E-state index in [4.69, 9.17) is 17.3 Å². The molecule has 0 spiro atoms. The van der Waals surface area contributed by atoms with Gasteiger partial charge in [-0.25, -0.2) is 4.39 Å². The molecule has 1 nitrogen and oxygen atoms in total. The number of hydrogen-bond acceptors (Lipinski definition) is 1. The van der Waals surface area contributed by atoms with Crippen molar-refractivity contribution in [1.29, 1.82) is 0 Å². The Kier molecular flexibility index (Phi) is 4.79. The zero-order valence-electron chi connectivity index (χ0n) is 11.7. The summed E-state index contributed by atoms with van der Waals surface area (Å²) in [5, 5.41) is 0.106. The van der Waals surface area contributed by atoms with Gasteiger partial charge in [0.05, 0.1) is 11.1 Å². The second-order valence-electron chi connectivity index (χ2n) is 5.46. The fraction of sp³-hybridized carbons (Fsp3) is 0.294. The zero-order chi connectivity index (χ0) is 14.7. The number of benzene rings is 2. The highest BCUT2D eigenvalue weighted by Gasteiger charge is 2.15. The Morgan fingerprint density at radius 1 is 1.10 bits per heavy atom. The molecule has 0 heterocycles. The van der Waals surface area contributed by atoms with Gasteiger partial charge in [0.15, 0.2) is 0 Å². The number of rotatable bonds is 4. The Bertz CT molecular complexity index is 578. The molecule has 0 aliphatic carbocycles. The Morgan fingerprint density at radius 3 is 2.35 bits per heavy atom. The van der Waals surface area contributed by atoms with Gasteiger partial charge in [-0.1, -0.05) is 61.8 Å². The molecule has 0 aliphatic heterocycles. The van der Waals surface area contributed by atoms with E-state index in [1.165, 1.54) is 11.6 Å². The third-order valence-electron chi connectivity index (χ3n) is 3.30. The SMILES string of the molecule is CC(C)Cc1ccc(C(N)c2cccc(Cl)c2F)cc1. The van der Waals surface area contributed by atoms with Crippen LogP contribution in [0.2, 0.25) is 5.02 Å². The van der Waals surface area contributed by atoms with E-state index in [0.717, 1.165) is 12.0 Å². The van der Waals surface area contributed by atoms with Crippen LogP contribution in [0.25, 0.3) is 0 Å². The summed E-state index contributed by atoms with van der Waals surface area (Å²) in [6, 6.07) is 12.4. The first-order valence-corrected chi connectivity index (χ1v) is 7.15. The molecule has 0 saturated carbocycles. The van der Waals surface area contributed by atoms with E-state index in [2.05, 4.69) is 26.0 Å². The Morgan fingerprint density at radius 2 is 1.75 bits per heavy atom. The number of nitrogens with two attached hydrogens (primary N) is 1. The summed E-state index contributed by atoms with van der Waals surface area (Å²) in [5.74, 6) is 0.174. The van der Waals surface area contributed by atoms with Crippen molar-refractivity contribution >= 4 is 11.6 Å². The van der Waals surface area contributed by atoms with E-state index >= 15 is 0 Å². The average Bonchev–Trinajstić information content (AvgIpc) is 2.41. The average molecular weight is 292 g/mol. The van der Waals surface area contributed by atoms with E-state index in [-0.39, 0.29) is 5.02 Å². The van der Waals surface area contributed by atoms with Crippen molar-refractivity contribution in [2.45, 2.75) is 26.3 Å². The second-order valence-corrected chi connectivity index (χ2v) is 5.87. The van der Waals surface area contributed by atoms with Gasteiger partial charge < -0.3 is 5.73 Å². The summed E-state index contributed by atoms with van der Waals surface area (Å²) in [7, 11) is 0. The lowest BCUT2D eigenvalue weighted by Gasteiger charge is -2.15. The van der Waals surface area contributed by atoms with Crippen LogP contribution < -0.4 is 5.73 Å². The highest BCUT2D eigenvalue weighted by Crippen LogP contribution is 2.26. The molecule has 0 aromatic heterocycles. The molecule has 106 valence electrons. The molecule has 2 rings (SSSR count). The van der Waals surface area contributed by atoms with Crippen LogP contribution in [0.5, 0.6) is 0 Å². The van der Waals surface area contributed by atoms with Gasteiger partial charge >= 0.3 is 0 Å². The largest absolute Gasteiger partial charge is 0.320 e. The van der Waals surface area contributed by atoms with Crippen LogP contribution in [0.1, 0.15) is 36.6 Å². The van der Waals surface area contributed by atoms with Crippen LogP contribution in [0.15, 0.2) is 42.5 Å². The first-order valence-electron chi connectivity index (χ1n) is 6.77. The minimum absolute atomic E-state index is 0.106. The zero-order valence-corrected chi connectivity index (χ0v) is 12.5. The quantitative estimate of drug-likeness (QED) is 0.866. The van der Waals surface area contributed by atoms with Crippen molar-refractivity contribution in [2.24, 2.45) is 11.7 Å². The van der Waals surface area contributed by atoms with Crippen molar-refractivity contribution in [3.63, 3.8) is 0 Å². The highest BCUT2D eigenvalue weighted by molar-refractivity contribution is 6.30. The Labute approximate surface area is 124 Å². The number of hydrogen-bond donors (Lipinski definition) is 1. The van der Waals surface area contributed by atoms with Crippen LogP contribution >= 0.6 is 11.6 Å². The maximum absolute atomic E-state index is 14.0. The molecule has 0 amide bonds. The Hall–Kier alpha value is -1.38.